The average Bonchev–Trinajstić information content (AvgIpc) is 2.50. The molecule has 0 aliphatic heterocycles. The van der Waals surface area contributed by atoms with Crippen molar-refractivity contribution in [1.82, 2.24) is 0 Å². The topological polar surface area (TPSA) is 94.8 Å². The molecule has 0 aromatic heterocycles. The molecule has 0 amide bonds. The Morgan fingerprint density at radius 3 is 2.04 bits per heavy atom. The first-order valence-corrected chi connectivity index (χ1v) is 8.37. The minimum absolute atomic E-state index is 0.00876. The average molecular weight is 348 g/mol. The van der Waals surface area contributed by atoms with Crippen molar-refractivity contribution in [3.05, 3.63) is 46.0 Å². The molecule has 0 heterocycles. The van der Waals surface area contributed by atoms with Crippen LogP contribution >= 0.6 is 0 Å². The number of aliphatic hydroxyl groups is 3. The molecule has 1 aliphatic rings. The highest BCUT2D eigenvalue weighted by Crippen LogP contribution is 2.38. The second-order valence-corrected chi connectivity index (χ2v) is 7.23. The van der Waals surface area contributed by atoms with E-state index in [1.807, 2.05) is 13.8 Å². The van der Waals surface area contributed by atoms with E-state index in [4.69, 9.17) is 0 Å². The van der Waals surface area contributed by atoms with Crippen molar-refractivity contribution in [3.8, 4) is 0 Å². The third kappa shape index (κ3) is 4.28. The smallest absolute Gasteiger partial charge is 0.209 e. The summed E-state index contributed by atoms with van der Waals surface area (Å²) in [5.74, 6) is -3.18. The van der Waals surface area contributed by atoms with Crippen LogP contribution in [0.1, 0.15) is 54.4 Å². The maximum Gasteiger partial charge on any atom is 0.209 e. The van der Waals surface area contributed by atoms with Crippen LogP contribution < -0.4 is 0 Å². The fraction of sp³-hybridized carbons (Fsp3) is 0.500. The molecule has 5 heteroatoms. The van der Waals surface area contributed by atoms with Gasteiger partial charge in [0, 0.05) is 17.9 Å². The Kier molecular flexibility index (Phi) is 6.54. The molecule has 0 unspecified atom stereocenters. The fourth-order valence-electron chi connectivity index (χ4n) is 2.49. The number of ketones is 2. The van der Waals surface area contributed by atoms with Crippen LogP contribution in [-0.2, 0) is 9.59 Å². The van der Waals surface area contributed by atoms with Crippen molar-refractivity contribution in [1.29, 1.82) is 0 Å². The Balaban J connectivity index is 3.62. The fourth-order valence-corrected chi connectivity index (χ4v) is 2.49. The van der Waals surface area contributed by atoms with Crippen LogP contribution in [0.5, 0.6) is 0 Å². The number of carbonyl (C=O) groups is 2. The van der Waals surface area contributed by atoms with Crippen LogP contribution in [-0.4, -0.2) is 32.5 Å². The van der Waals surface area contributed by atoms with Crippen molar-refractivity contribution in [2.75, 3.05) is 0 Å². The summed E-state index contributed by atoms with van der Waals surface area (Å²) in [6.45, 7) is 10.5. The van der Waals surface area contributed by atoms with E-state index in [1.54, 1.807) is 39.8 Å². The molecule has 5 nitrogen and oxygen atoms in total. The lowest BCUT2D eigenvalue weighted by atomic mass is 9.76. The Hall–Kier alpha value is -2.14. The van der Waals surface area contributed by atoms with Gasteiger partial charge in [-0.3, -0.25) is 9.59 Å². The molecule has 0 bridgehead atoms. The minimum Gasteiger partial charge on any atom is -0.508 e. The molecule has 0 spiro atoms. The SMILES string of the molecule is CC(C)=CCC1=C(O)[C@@](O)(CC=C(C)C)C(=O)C(C(=O)C(C)C)=C1O. The van der Waals surface area contributed by atoms with Gasteiger partial charge in [0.2, 0.25) is 5.78 Å². The highest BCUT2D eigenvalue weighted by atomic mass is 16.3. The molecule has 0 saturated heterocycles. The van der Waals surface area contributed by atoms with Gasteiger partial charge in [-0.05, 0) is 34.1 Å². The molecule has 0 aromatic carbocycles. The molecular formula is C20H28O5. The van der Waals surface area contributed by atoms with Crippen molar-refractivity contribution in [2.24, 2.45) is 5.92 Å². The monoisotopic (exact) mass is 348 g/mol. The van der Waals surface area contributed by atoms with Gasteiger partial charge in [-0.25, -0.2) is 0 Å². The van der Waals surface area contributed by atoms with E-state index >= 15 is 0 Å². The van der Waals surface area contributed by atoms with Gasteiger partial charge in [-0.2, -0.15) is 0 Å². The van der Waals surface area contributed by atoms with E-state index in [9.17, 15) is 24.9 Å². The maximum atomic E-state index is 12.8. The number of hydrogen-bond acceptors (Lipinski definition) is 5. The Morgan fingerprint density at radius 2 is 1.60 bits per heavy atom. The second-order valence-electron chi connectivity index (χ2n) is 7.23. The molecule has 0 saturated carbocycles. The maximum absolute atomic E-state index is 12.8. The lowest BCUT2D eigenvalue weighted by molar-refractivity contribution is -0.135. The first-order valence-electron chi connectivity index (χ1n) is 8.37. The lowest BCUT2D eigenvalue weighted by Gasteiger charge is -2.32. The van der Waals surface area contributed by atoms with Gasteiger partial charge >= 0.3 is 0 Å². The normalized spacial score (nSPS) is 20.9. The van der Waals surface area contributed by atoms with Crippen LogP contribution in [0, 0.1) is 5.92 Å². The molecule has 1 atom stereocenters. The van der Waals surface area contributed by atoms with E-state index in [1.165, 1.54) is 0 Å². The van der Waals surface area contributed by atoms with E-state index in [0.29, 0.717) is 0 Å². The van der Waals surface area contributed by atoms with Gasteiger partial charge in [0.25, 0.3) is 0 Å². The van der Waals surface area contributed by atoms with E-state index < -0.39 is 40.2 Å². The summed E-state index contributed by atoms with van der Waals surface area (Å²) in [7, 11) is 0. The van der Waals surface area contributed by atoms with Crippen LogP contribution in [0.4, 0.5) is 0 Å². The Morgan fingerprint density at radius 1 is 1.08 bits per heavy atom. The van der Waals surface area contributed by atoms with Gasteiger partial charge in [0.1, 0.15) is 17.1 Å². The summed E-state index contributed by atoms with van der Waals surface area (Å²) < 4.78 is 0. The van der Waals surface area contributed by atoms with Gasteiger partial charge in [-0.1, -0.05) is 37.1 Å². The molecule has 1 aliphatic carbocycles. The molecule has 0 radical (unpaired) electrons. The molecule has 138 valence electrons. The van der Waals surface area contributed by atoms with Gasteiger partial charge in [0.05, 0.1) is 0 Å². The zero-order chi connectivity index (χ0) is 19.5. The van der Waals surface area contributed by atoms with Crippen molar-refractivity contribution < 1.29 is 24.9 Å². The third-order valence-electron chi connectivity index (χ3n) is 4.09. The number of hydrogen-bond donors (Lipinski definition) is 3. The van der Waals surface area contributed by atoms with Crippen LogP contribution in [0.15, 0.2) is 46.0 Å². The molecule has 0 aromatic rings. The summed E-state index contributed by atoms with van der Waals surface area (Å²) >= 11 is 0. The van der Waals surface area contributed by atoms with Crippen molar-refractivity contribution >= 4 is 11.6 Å². The molecule has 3 N–H and O–H groups in total. The largest absolute Gasteiger partial charge is 0.508 e. The van der Waals surface area contributed by atoms with Crippen molar-refractivity contribution in [2.45, 2.75) is 60.0 Å². The predicted molar refractivity (Wildman–Crippen MR) is 97.2 cm³/mol. The van der Waals surface area contributed by atoms with Crippen LogP contribution in [0.3, 0.4) is 0 Å². The molecule has 25 heavy (non-hydrogen) atoms. The third-order valence-corrected chi connectivity index (χ3v) is 4.09. The minimum atomic E-state index is -2.24. The van der Waals surface area contributed by atoms with Crippen LogP contribution in [0.25, 0.3) is 0 Å². The number of rotatable bonds is 6. The van der Waals surface area contributed by atoms with E-state index in [2.05, 4.69) is 0 Å². The van der Waals surface area contributed by atoms with Gasteiger partial charge in [0.15, 0.2) is 11.4 Å². The lowest BCUT2D eigenvalue weighted by Crippen LogP contribution is -2.47. The first kappa shape index (κ1) is 20.9. The zero-order valence-corrected chi connectivity index (χ0v) is 15.8. The zero-order valence-electron chi connectivity index (χ0n) is 15.8. The quantitative estimate of drug-likeness (QED) is 0.500. The van der Waals surface area contributed by atoms with Gasteiger partial charge < -0.3 is 15.3 Å². The van der Waals surface area contributed by atoms with E-state index in [0.717, 1.165) is 11.1 Å². The van der Waals surface area contributed by atoms with Crippen LogP contribution in [0.2, 0.25) is 0 Å². The summed E-state index contributed by atoms with van der Waals surface area (Å²) in [5, 5.41) is 31.9. The van der Waals surface area contributed by atoms with Crippen molar-refractivity contribution in [3.63, 3.8) is 0 Å². The molecule has 0 fully saturated rings. The number of aliphatic hydroxyl groups excluding tert-OH is 2. The summed E-state index contributed by atoms with van der Waals surface area (Å²) in [6.07, 6.45) is 3.31. The summed E-state index contributed by atoms with van der Waals surface area (Å²) in [6, 6.07) is 0. The van der Waals surface area contributed by atoms with Gasteiger partial charge in [-0.15, -0.1) is 0 Å². The molecule has 1 rings (SSSR count). The highest BCUT2D eigenvalue weighted by molar-refractivity contribution is 6.25. The summed E-state index contributed by atoms with van der Waals surface area (Å²) in [4.78, 5) is 25.2. The first-order chi connectivity index (χ1) is 11.4. The standard InChI is InChI=1S/C20H28O5/c1-11(2)7-8-14-17(22)15(16(21)13(5)6)19(24)20(25,18(14)23)10-9-12(3)4/h7,9,13,22-23,25H,8,10H2,1-6H3/t20-/m0/s1. The number of allylic oxidation sites excluding steroid dienone is 4. The Bertz CT molecular complexity index is 696. The second kappa shape index (κ2) is 7.83. The molecular weight excluding hydrogens is 320 g/mol. The predicted octanol–water partition coefficient (Wildman–Crippen LogP) is 3.86. The van der Waals surface area contributed by atoms with E-state index in [-0.39, 0.29) is 18.4 Å². The highest BCUT2D eigenvalue weighted by Gasteiger charge is 2.49. The number of Topliss-reactive ketones (excluding diaryl/α,β-unsaturated/α-hetero) is 2. The summed E-state index contributed by atoms with van der Waals surface area (Å²) in [5.41, 5.74) is -0.872. The number of carbonyl (C=O) groups excluding carboxylic acids is 2. The Labute approximate surface area is 149 Å².